The van der Waals surface area contributed by atoms with Crippen LogP contribution in [0, 0.1) is 11.7 Å². The van der Waals surface area contributed by atoms with E-state index >= 15 is 0 Å². The minimum Gasteiger partial charge on any atom is -0.371 e. The largest absolute Gasteiger partial charge is 0.371 e. The third-order valence-electron chi connectivity index (χ3n) is 4.73. The highest BCUT2D eigenvalue weighted by Gasteiger charge is 2.34. The van der Waals surface area contributed by atoms with Crippen molar-refractivity contribution in [2.24, 2.45) is 13.0 Å². The first-order valence-corrected chi connectivity index (χ1v) is 8.63. The number of hydrogen-bond donors (Lipinski definition) is 2. The minimum absolute atomic E-state index is 0.0810. The molecule has 1 aromatic carbocycles. The van der Waals surface area contributed by atoms with Crippen molar-refractivity contribution >= 4 is 16.9 Å². The summed E-state index contributed by atoms with van der Waals surface area (Å²) in [4.78, 5) is 20.1. The summed E-state index contributed by atoms with van der Waals surface area (Å²) >= 11 is 0. The average molecular weight is 357 g/mol. The zero-order valence-electron chi connectivity index (χ0n) is 14.4. The lowest BCUT2D eigenvalue weighted by Gasteiger charge is -2.30. The van der Waals surface area contributed by atoms with Gasteiger partial charge in [0.25, 0.3) is 0 Å². The van der Waals surface area contributed by atoms with E-state index in [4.69, 9.17) is 4.74 Å². The first kappa shape index (κ1) is 16.7. The molecule has 3 heterocycles. The van der Waals surface area contributed by atoms with Gasteiger partial charge >= 0.3 is 0 Å². The number of amides is 1. The fourth-order valence-corrected chi connectivity index (χ4v) is 3.42. The van der Waals surface area contributed by atoms with Crippen molar-refractivity contribution in [3.63, 3.8) is 0 Å². The van der Waals surface area contributed by atoms with Gasteiger partial charge < -0.3 is 15.0 Å². The Morgan fingerprint density at radius 1 is 1.46 bits per heavy atom. The van der Waals surface area contributed by atoms with E-state index in [1.165, 1.54) is 12.1 Å². The number of ether oxygens (including phenoxy) is 1. The van der Waals surface area contributed by atoms with Crippen molar-refractivity contribution in [3.8, 4) is 0 Å². The lowest BCUT2D eigenvalue weighted by Crippen LogP contribution is -2.38. The second-order valence-electron chi connectivity index (χ2n) is 6.48. The number of aromatic nitrogens is 4. The van der Waals surface area contributed by atoms with Crippen LogP contribution in [0.5, 0.6) is 0 Å². The monoisotopic (exact) mass is 357 g/mol. The molecular weight excluding hydrogens is 337 g/mol. The van der Waals surface area contributed by atoms with Gasteiger partial charge in [0.15, 0.2) is 0 Å². The van der Waals surface area contributed by atoms with E-state index in [1.807, 2.05) is 13.1 Å². The number of aromatic amines is 1. The van der Waals surface area contributed by atoms with Crippen LogP contribution in [0.1, 0.15) is 30.5 Å². The number of rotatable bonds is 4. The predicted octanol–water partition coefficient (Wildman–Crippen LogP) is 2.22. The molecule has 136 valence electrons. The van der Waals surface area contributed by atoms with Crippen LogP contribution in [0.25, 0.3) is 11.0 Å². The van der Waals surface area contributed by atoms with E-state index in [0.29, 0.717) is 23.5 Å². The van der Waals surface area contributed by atoms with Crippen LogP contribution < -0.4 is 5.32 Å². The number of H-pyrrole nitrogens is 1. The van der Waals surface area contributed by atoms with Crippen LogP contribution in [0.4, 0.5) is 4.39 Å². The van der Waals surface area contributed by atoms with E-state index in [2.05, 4.69) is 20.4 Å². The summed E-state index contributed by atoms with van der Waals surface area (Å²) in [6.45, 7) is 0.887. The highest BCUT2D eigenvalue weighted by atomic mass is 19.1. The van der Waals surface area contributed by atoms with E-state index in [-0.39, 0.29) is 30.3 Å². The van der Waals surface area contributed by atoms with Crippen molar-refractivity contribution in [2.75, 3.05) is 6.61 Å². The molecular formula is C18H20FN5O2. The zero-order chi connectivity index (χ0) is 18.1. The molecule has 4 rings (SSSR count). The molecule has 1 aliphatic heterocycles. The maximum absolute atomic E-state index is 13.3. The van der Waals surface area contributed by atoms with Crippen molar-refractivity contribution < 1.29 is 13.9 Å². The number of carbonyl (C=O) groups is 1. The summed E-state index contributed by atoms with van der Waals surface area (Å²) in [5.74, 6) is -0.0913. The Labute approximate surface area is 149 Å². The summed E-state index contributed by atoms with van der Waals surface area (Å²) in [6.07, 6.45) is 3.00. The topological polar surface area (TPSA) is 84.8 Å². The van der Waals surface area contributed by atoms with Crippen LogP contribution in [-0.2, 0) is 23.1 Å². The predicted molar refractivity (Wildman–Crippen MR) is 92.5 cm³/mol. The van der Waals surface area contributed by atoms with Gasteiger partial charge in [-0.2, -0.15) is 5.10 Å². The van der Waals surface area contributed by atoms with Gasteiger partial charge in [-0.15, -0.1) is 0 Å². The standard InChI is InChI=1S/C18H20FN5O2/c1-24-15(6-7-21-24)17-12(3-2-8-26-17)18(25)20-10-16-22-13-5-4-11(19)9-14(13)23-16/h4-7,9,12,17H,2-3,8,10H2,1H3,(H,20,25)(H,22,23)/t12-,17-/m1/s1. The lowest BCUT2D eigenvalue weighted by atomic mass is 9.91. The number of nitrogens with zero attached hydrogens (tertiary/aromatic N) is 3. The smallest absolute Gasteiger partial charge is 0.226 e. The van der Waals surface area contributed by atoms with Crippen LogP contribution in [0.2, 0.25) is 0 Å². The SMILES string of the molecule is Cn1nccc1[C@@H]1OCCC[C@H]1C(=O)NCc1nc2ccc(F)cc2[nH]1. The van der Waals surface area contributed by atoms with Gasteiger partial charge in [-0.3, -0.25) is 9.48 Å². The maximum Gasteiger partial charge on any atom is 0.226 e. The van der Waals surface area contributed by atoms with Crippen molar-refractivity contribution in [3.05, 3.63) is 47.8 Å². The highest BCUT2D eigenvalue weighted by Crippen LogP contribution is 2.33. The normalized spacial score (nSPS) is 20.4. The minimum atomic E-state index is -0.324. The first-order valence-electron chi connectivity index (χ1n) is 8.63. The molecule has 1 aliphatic rings. The molecule has 0 radical (unpaired) electrons. The molecule has 0 saturated carbocycles. The highest BCUT2D eigenvalue weighted by molar-refractivity contribution is 5.80. The second-order valence-corrected chi connectivity index (χ2v) is 6.48. The van der Waals surface area contributed by atoms with Crippen LogP contribution in [0.15, 0.2) is 30.5 Å². The molecule has 1 saturated heterocycles. The van der Waals surface area contributed by atoms with Crippen LogP contribution >= 0.6 is 0 Å². The number of fused-ring (bicyclic) bond motifs is 1. The Balaban J connectivity index is 1.46. The molecule has 1 amide bonds. The molecule has 0 unspecified atom stereocenters. The van der Waals surface area contributed by atoms with Gasteiger partial charge in [0.1, 0.15) is 17.7 Å². The summed E-state index contributed by atoms with van der Waals surface area (Å²) in [7, 11) is 1.84. The van der Waals surface area contributed by atoms with E-state index in [0.717, 1.165) is 18.5 Å². The quantitative estimate of drug-likeness (QED) is 0.750. The van der Waals surface area contributed by atoms with Gasteiger partial charge in [0, 0.05) is 19.9 Å². The molecule has 2 aromatic heterocycles. The Bertz CT molecular complexity index is 935. The van der Waals surface area contributed by atoms with E-state index < -0.39 is 0 Å². The Kier molecular flexibility index (Phi) is 4.42. The Hall–Kier alpha value is -2.74. The Morgan fingerprint density at radius 2 is 2.35 bits per heavy atom. The molecule has 8 heteroatoms. The van der Waals surface area contributed by atoms with Crippen molar-refractivity contribution in [1.82, 2.24) is 25.1 Å². The summed E-state index contributed by atoms with van der Waals surface area (Å²) in [5.41, 5.74) is 2.18. The molecule has 26 heavy (non-hydrogen) atoms. The number of carbonyl (C=O) groups excluding carboxylic acids is 1. The summed E-state index contributed by atoms with van der Waals surface area (Å²) in [6, 6.07) is 6.24. The van der Waals surface area contributed by atoms with Gasteiger partial charge in [-0.25, -0.2) is 9.37 Å². The number of hydrogen-bond acceptors (Lipinski definition) is 4. The fraction of sp³-hybridized carbons (Fsp3) is 0.389. The lowest BCUT2D eigenvalue weighted by molar-refractivity contribution is -0.135. The molecule has 7 nitrogen and oxygen atoms in total. The Morgan fingerprint density at radius 3 is 3.15 bits per heavy atom. The van der Waals surface area contributed by atoms with Crippen molar-refractivity contribution in [1.29, 1.82) is 0 Å². The number of halogens is 1. The summed E-state index contributed by atoms with van der Waals surface area (Å²) < 4.78 is 20.9. The molecule has 2 N–H and O–H groups in total. The van der Waals surface area contributed by atoms with Gasteiger partial charge in [0.05, 0.1) is 29.2 Å². The number of nitrogens with one attached hydrogen (secondary N) is 2. The van der Waals surface area contributed by atoms with Crippen LogP contribution in [-0.4, -0.2) is 32.3 Å². The second kappa shape index (κ2) is 6.87. The van der Waals surface area contributed by atoms with Gasteiger partial charge in [0.2, 0.25) is 5.91 Å². The maximum atomic E-state index is 13.3. The molecule has 0 aliphatic carbocycles. The van der Waals surface area contributed by atoms with Gasteiger partial charge in [-0.05, 0) is 37.1 Å². The summed E-state index contributed by atoms with van der Waals surface area (Å²) in [5, 5.41) is 7.09. The third kappa shape index (κ3) is 3.20. The molecule has 1 fully saturated rings. The molecule has 2 atom stereocenters. The van der Waals surface area contributed by atoms with E-state index in [9.17, 15) is 9.18 Å². The first-order chi connectivity index (χ1) is 12.6. The molecule has 0 bridgehead atoms. The molecule has 3 aromatic rings. The van der Waals surface area contributed by atoms with E-state index in [1.54, 1.807) is 16.9 Å². The number of aryl methyl sites for hydroxylation is 1. The fourth-order valence-electron chi connectivity index (χ4n) is 3.42. The third-order valence-corrected chi connectivity index (χ3v) is 4.73. The number of benzene rings is 1. The number of imidazole rings is 1. The average Bonchev–Trinajstić information content (AvgIpc) is 3.25. The van der Waals surface area contributed by atoms with Crippen LogP contribution in [0.3, 0.4) is 0 Å². The molecule has 0 spiro atoms. The van der Waals surface area contributed by atoms with Crippen molar-refractivity contribution in [2.45, 2.75) is 25.5 Å². The zero-order valence-corrected chi connectivity index (χ0v) is 14.4. The van der Waals surface area contributed by atoms with Gasteiger partial charge in [-0.1, -0.05) is 0 Å².